The van der Waals surface area contributed by atoms with E-state index in [1.807, 2.05) is 44.2 Å². The van der Waals surface area contributed by atoms with E-state index in [4.69, 9.17) is 4.74 Å². The minimum absolute atomic E-state index is 0.0829. The van der Waals surface area contributed by atoms with Crippen LogP contribution in [0.25, 0.3) is 0 Å². The van der Waals surface area contributed by atoms with Crippen molar-refractivity contribution in [2.24, 2.45) is 5.92 Å². The van der Waals surface area contributed by atoms with Crippen molar-refractivity contribution in [3.63, 3.8) is 0 Å². The van der Waals surface area contributed by atoms with Gasteiger partial charge in [0.1, 0.15) is 18.7 Å². The third-order valence-electron chi connectivity index (χ3n) is 4.74. The second kappa shape index (κ2) is 11.2. The fraction of sp³-hybridized carbons (Fsp3) is 0.524. The van der Waals surface area contributed by atoms with E-state index in [1.165, 1.54) is 4.90 Å². The molecule has 30 heavy (non-hydrogen) atoms. The van der Waals surface area contributed by atoms with Crippen LogP contribution in [0.15, 0.2) is 30.3 Å². The summed E-state index contributed by atoms with van der Waals surface area (Å²) in [5, 5.41) is 15.5. The first-order valence-electron chi connectivity index (χ1n) is 10.0. The Bertz CT molecular complexity index is 752. The summed E-state index contributed by atoms with van der Waals surface area (Å²) in [6.07, 6.45) is 0.847. The average Bonchev–Trinajstić information content (AvgIpc) is 3.20. The number of nitrogens with zero attached hydrogens (tertiary/aromatic N) is 1. The van der Waals surface area contributed by atoms with Gasteiger partial charge in [0.25, 0.3) is 0 Å². The lowest BCUT2D eigenvalue weighted by Crippen LogP contribution is -2.54. The van der Waals surface area contributed by atoms with Crippen LogP contribution >= 0.6 is 0 Å². The largest absolute Gasteiger partial charge is 0.548 e. The molecule has 3 amide bonds. The molecular formula is C21H28N3O6-. The minimum atomic E-state index is -1.42. The van der Waals surface area contributed by atoms with Crippen molar-refractivity contribution in [1.29, 1.82) is 0 Å². The second-order valence-electron chi connectivity index (χ2n) is 7.67. The SMILES string of the molecule is CC(C)C[C@H](NC(=O)[C@@H]1CCCN1C(=O)OCc1ccccc1)C(=O)NCC(=O)[O-]. The van der Waals surface area contributed by atoms with E-state index in [2.05, 4.69) is 10.6 Å². The average molecular weight is 418 g/mol. The Labute approximate surface area is 175 Å². The number of carboxylic acids is 1. The quantitative estimate of drug-likeness (QED) is 0.589. The number of aliphatic carboxylic acids is 1. The third kappa shape index (κ3) is 7.06. The maximum absolute atomic E-state index is 12.8. The van der Waals surface area contributed by atoms with Crippen molar-refractivity contribution in [2.75, 3.05) is 13.1 Å². The van der Waals surface area contributed by atoms with Crippen molar-refractivity contribution in [1.82, 2.24) is 15.5 Å². The van der Waals surface area contributed by atoms with Crippen molar-refractivity contribution < 1.29 is 29.0 Å². The molecule has 0 aliphatic carbocycles. The number of amides is 3. The zero-order chi connectivity index (χ0) is 22.1. The van der Waals surface area contributed by atoms with E-state index in [0.29, 0.717) is 25.8 Å². The van der Waals surface area contributed by atoms with E-state index < -0.39 is 42.5 Å². The van der Waals surface area contributed by atoms with Gasteiger partial charge in [-0.3, -0.25) is 14.5 Å². The molecule has 0 bridgehead atoms. The maximum atomic E-state index is 12.8. The van der Waals surface area contributed by atoms with Gasteiger partial charge in [-0.15, -0.1) is 0 Å². The topological polar surface area (TPSA) is 128 Å². The molecule has 9 nitrogen and oxygen atoms in total. The lowest BCUT2D eigenvalue weighted by atomic mass is 10.0. The second-order valence-corrected chi connectivity index (χ2v) is 7.67. The van der Waals surface area contributed by atoms with E-state index in [0.717, 1.165) is 5.56 Å². The number of hydrogen-bond donors (Lipinski definition) is 2. The van der Waals surface area contributed by atoms with Gasteiger partial charge in [-0.25, -0.2) is 4.79 Å². The van der Waals surface area contributed by atoms with Gasteiger partial charge in [-0.2, -0.15) is 0 Å². The normalized spacial score (nSPS) is 16.8. The molecule has 1 aromatic rings. The van der Waals surface area contributed by atoms with E-state index in [-0.39, 0.29) is 12.5 Å². The summed E-state index contributed by atoms with van der Waals surface area (Å²) < 4.78 is 5.33. The maximum Gasteiger partial charge on any atom is 0.410 e. The predicted octanol–water partition coefficient (Wildman–Crippen LogP) is 0.185. The number of benzene rings is 1. The van der Waals surface area contributed by atoms with Crippen LogP contribution in [-0.4, -0.2) is 54.0 Å². The van der Waals surface area contributed by atoms with Gasteiger partial charge in [-0.1, -0.05) is 44.2 Å². The Kier molecular flexibility index (Phi) is 8.64. The summed E-state index contributed by atoms with van der Waals surface area (Å²) in [5.41, 5.74) is 0.840. The van der Waals surface area contributed by atoms with Gasteiger partial charge in [0.2, 0.25) is 11.8 Å². The highest BCUT2D eigenvalue weighted by Gasteiger charge is 2.36. The van der Waals surface area contributed by atoms with Crippen molar-refractivity contribution >= 4 is 23.9 Å². The highest BCUT2D eigenvalue weighted by molar-refractivity contribution is 5.92. The number of ether oxygens (including phenoxy) is 1. The molecule has 1 aromatic carbocycles. The molecule has 2 atom stereocenters. The summed E-state index contributed by atoms with van der Waals surface area (Å²) >= 11 is 0. The number of carbonyl (C=O) groups is 4. The van der Waals surface area contributed by atoms with Crippen LogP contribution in [0.2, 0.25) is 0 Å². The van der Waals surface area contributed by atoms with Crippen molar-refractivity contribution in [3.8, 4) is 0 Å². The molecular weight excluding hydrogens is 390 g/mol. The molecule has 1 heterocycles. The van der Waals surface area contributed by atoms with Crippen LogP contribution in [0.4, 0.5) is 4.79 Å². The number of rotatable bonds is 9. The van der Waals surface area contributed by atoms with E-state index in [9.17, 15) is 24.3 Å². The summed E-state index contributed by atoms with van der Waals surface area (Å²) in [6.45, 7) is 3.62. The fourth-order valence-electron chi connectivity index (χ4n) is 3.31. The zero-order valence-electron chi connectivity index (χ0n) is 17.3. The Morgan fingerprint density at radius 2 is 1.90 bits per heavy atom. The molecule has 0 radical (unpaired) electrons. The van der Waals surface area contributed by atoms with E-state index in [1.54, 1.807) is 0 Å². The number of likely N-dealkylation sites (tertiary alicyclic amines) is 1. The first kappa shape index (κ1) is 23.2. The number of carboxylic acid groups (broad SMARTS) is 1. The molecule has 2 N–H and O–H groups in total. The zero-order valence-corrected chi connectivity index (χ0v) is 17.3. The number of nitrogens with one attached hydrogen (secondary N) is 2. The van der Waals surface area contributed by atoms with Crippen LogP contribution in [0.3, 0.4) is 0 Å². The molecule has 1 fully saturated rings. The molecule has 0 aromatic heterocycles. The molecule has 2 rings (SSSR count). The highest BCUT2D eigenvalue weighted by atomic mass is 16.6. The van der Waals surface area contributed by atoms with Gasteiger partial charge < -0.3 is 25.3 Å². The number of carbonyl (C=O) groups excluding carboxylic acids is 4. The minimum Gasteiger partial charge on any atom is -0.548 e. The molecule has 9 heteroatoms. The predicted molar refractivity (Wildman–Crippen MR) is 106 cm³/mol. The monoisotopic (exact) mass is 418 g/mol. The Morgan fingerprint density at radius 3 is 2.53 bits per heavy atom. The van der Waals surface area contributed by atoms with Crippen molar-refractivity contribution in [3.05, 3.63) is 35.9 Å². The first-order valence-corrected chi connectivity index (χ1v) is 10.0. The Morgan fingerprint density at radius 1 is 1.20 bits per heavy atom. The van der Waals surface area contributed by atoms with E-state index >= 15 is 0 Å². The van der Waals surface area contributed by atoms with Gasteiger partial charge in [0.15, 0.2) is 0 Å². The standard InChI is InChI=1S/C21H29N3O6/c1-14(2)11-16(19(27)22-12-18(25)26)23-20(28)17-9-6-10-24(17)21(29)30-13-15-7-4-3-5-8-15/h3-5,7-8,14,16-17H,6,9-13H2,1-2H3,(H,22,27)(H,23,28)(H,25,26)/p-1/t16-,17-/m0/s1. The molecule has 0 spiro atoms. The van der Waals surface area contributed by atoms with Gasteiger partial charge in [0.05, 0.1) is 12.5 Å². The highest BCUT2D eigenvalue weighted by Crippen LogP contribution is 2.20. The summed E-state index contributed by atoms with van der Waals surface area (Å²) in [4.78, 5) is 49.5. The molecule has 1 aliphatic heterocycles. The molecule has 0 unspecified atom stereocenters. The molecule has 164 valence electrons. The smallest absolute Gasteiger partial charge is 0.410 e. The van der Waals surface area contributed by atoms with Crippen LogP contribution in [-0.2, 0) is 25.7 Å². The van der Waals surface area contributed by atoms with Crippen LogP contribution in [0.5, 0.6) is 0 Å². The van der Waals surface area contributed by atoms with Gasteiger partial charge >= 0.3 is 6.09 Å². The molecule has 1 saturated heterocycles. The van der Waals surface area contributed by atoms with Crippen molar-refractivity contribution in [2.45, 2.75) is 51.8 Å². The van der Waals surface area contributed by atoms with Gasteiger partial charge in [0, 0.05) is 6.54 Å². The summed E-state index contributed by atoms with van der Waals surface area (Å²) in [5.74, 6) is -2.39. The Hall–Kier alpha value is -3.10. The summed E-state index contributed by atoms with van der Waals surface area (Å²) in [7, 11) is 0. The fourth-order valence-corrected chi connectivity index (χ4v) is 3.31. The molecule has 1 aliphatic rings. The number of hydrogen-bond acceptors (Lipinski definition) is 6. The third-order valence-corrected chi connectivity index (χ3v) is 4.74. The van der Waals surface area contributed by atoms with Gasteiger partial charge in [-0.05, 0) is 30.7 Å². The van der Waals surface area contributed by atoms with Crippen LogP contribution in [0.1, 0.15) is 38.7 Å². The Balaban J connectivity index is 1.96. The molecule has 0 saturated carbocycles. The first-order chi connectivity index (χ1) is 14.3. The lowest BCUT2D eigenvalue weighted by Gasteiger charge is -2.26. The van der Waals surface area contributed by atoms with Crippen LogP contribution < -0.4 is 15.7 Å². The lowest BCUT2D eigenvalue weighted by molar-refractivity contribution is -0.304. The summed E-state index contributed by atoms with van der Waals surface area (Å²) in [6, 6.07) is 7.58. The van der Waals surface area contributed by atoms with Crippen LogP contribution in [0, 0.1) is 5.92 Å².